The Morgan fingerprint density at radius 2 is 2.19 bits per heavy atom. The van der Waals surface area contributed by atoms with Gasteiger partial charge in [0.1, 0.15) is 10.1 Å². The molecule has 0 bridgehead atoms. The first-order valence-electron chi connectivity index (χ1n) is 6.22. The molecule has 1 amide bonds. The zero-order chi connectivity index (χ0) is 15.2. The first-order chi connectivity index (χ1) is 10.1. The Hall–Kier alpha value is -1.86. The minimum absolute atomic E-state index is 0.175. The standard InChI is InChI=1S/C14H13NO4S2/c1-2-18-12(16)8-19-10-6-4-3-5-9(10)7-11-13(17)15-14(20)21-11/h3-7H,2,8H2,1H3,(H,15,17,20)/b11-7-. The van der Waals surface area contributed by atoms with Gasteiger partial charge in [-0.25, -0.2) is 4.79 Å². The number of para-hydroxylation sites is 1. The molecule has 0 aromatic heterocycles. The van der Waals surface area contributed by atoms with Crippen LogP contribution < -0.4 is 10.1 Å². The number of thioether (sulfide) groups is 1. The third kappa shape index (κ3) is 4.30. The third-order valence-corrected chi connectivity index (χ3v) is 3.66. The Kier molecular flexibility index (Phi) is 5.35. The fourth-order valence-corrected chi connectivity index (χ4v) is 2.67. The highest BCUT2D eigenvalue weighted by molar-refractivity contribution is 8.26. The maximum Gasteiger partial charge on any atom is 0.344 e. The molecule has 1 aliphatic heterocycles. The zero-order valence-electron chi connectivity index (χ0n) is 11.3. The summed E-state index contributed by atoms with van der Waals surface area (Å²) in [6.07, 6.45) is 1.68. The minimum atomic E-state index is -0.436. The first kappa shape index (κ1) is 15.5. The van der Waals surface area contributed by atoms with Gasteiger partial charge >= 0.3 is 5.97 Å². The van der Waals surface area contributed by atoms with Gasteiger partial charge in [0.15, 0.2) is 6.61 Å². The minimum Gasteiger partial charge on any atom is -0.481 e. The molecule has 0 radical (unpaired) electrons. The lowest BCUT2D eigenvalue weighted by atomic mass is 10.2. The molecule has 7 heteroatoms. The van der Waals surface area contributed by atoms with Crippen molar-refractivity contribution < 1.29 is 19.1 Å². The maximum atomic E-state index is 11.6. The second-order valence-corrected chi connectivity index (χ2v) is 5.70. The summed E-state index contributed by atoms with van der Waals surface area (Å²) < 4.78 is 10.7. The Morgan fingerprint density at radius 3 is 2.86 bits per heavy atom. The van der Waals surface area contributed by atoms with E-state index in [1.807, 2.05) is 6.07 Å². The number of ether oxygens (including phenoxy) is 2. The van der Waals surface area contributed by atoms with Crippen LogP contribution in [0.15, 0.2) is 29.2 Å². The number of carbonyl (C=O) groups excluding carboxylic acids is 2. The molecule has 1 aromatic rings. The van der Waals surface area contributed by atoms with Crippen molar-refractivity contribution in [2.45, 2.75) is 6.92 Å². The van der Waals surface area contributed by atoms with E-state index in [1.54, 1.807) is 31.2 Å². The lowest BCUT2D eigenvalue weighted by Crippen LogP contribution is -2.17. The number of amides is 1. The molecule has 1 N–H and O–H groups in total. The van der Waals surface area contributed by atoms with Crippen LogP contribution in [0, 0.1) is 0 Å². The van der Waals surface area contributed by atoms with E-state index in [2.05, 4.69) is 5.32 Å². The van der Waals surface area contributed by atoms with Crippen LogP contribution in [0.25, 0.3) is 6.08 Å². The Balaban J connectivity index is 2.14. The molecule has 1 saturated heterocycles. The van der Waals surface area contributed by atoms with Crippen LogP contribution in [0.1, 0.15) is 12.5 Å². The molecule has 5 nitrogen and oxygen atoms in total. The highest BCUT2D eigenvalue weighted by Crippen LogP contribution is 2.29. The molecule has 0 saturated carbocycles. The fraction of sp³-hybridized carbons (Fsp3) is 0.214. The second-order valence-electron chi connectivity index (χ2n) is 3.98. The highest BCUT2D eigenvalue weighted by atomic mass is 32.2. The number of hydrogen-bond donors (Lipinski definition) is 1. The van der Waals surface area contributed by atoms with Crippen LogP contribution in [0.2, 0.25) is 0 Å². The normalized spacial score (nSPS) is 16.0. The molecule has 110 valence electrons. The molecule has 0 aliphatic carbocycles. The maximum absolute atomic E-state index is 11.6. The predicted octanol–water partition coefficient (Wildman–Crippen LogP) is 2.12. The van der Waals surface area contributed by atoms with Crippen LogP contribution in [0.3, 0.4) is 0 Å². The topological polar surface area (TPSA) is 64.6 Å². The summed E-state index contributed by atoms with van der Waals surface area (Å²) in [6.45, 7) is 1.86. The summed E-state index contributed by atoms with van der Waals surface area (Å²) in [7, 11) is 0. The SMILES string of the molecule is CCOC(=O)COc1ccccc1/C=C1\SC(=S)NC1=O. The Morgan fingerprint density at radius 1 is 1.43 bits per heavy atom. The van der Waals surface area contributed by atoms with Crippen LogP contribution in [-0.4, -0.2) is 29.4 Å². The van der Waals surface area contributed by atoms with Crippen LogP contribution in [0.5, 0.6) is 5.75 Å². The van der Waals surface area contributed by atoms with Crippen LogP contribution in [-0.2, 0) is 14.3 Å². The zero-order valence-corrected chi connectivity index (χ0v) is 12.9. The van der Waals surface area contributed by atoms with Gasteiger partial charge in [0, 0.05) is 5.56 Å². The van der Waals surface area contributed by atoms with E-state index >= 15 is 0 Å². The highest BCUT2D eigenvalue weighted by Gasteiger charge is 2.22. The van der Waals surface area contributed by atoms with E-state index in [0.717, 1.165) is 0 Å². The van der Waals surface area contributed by atoms with Gasteiger partial charge in [-0.1, -0.05) is 42.2 Å². The molecule has 0 spiro atoms. The predicted molar refractivity (Wildman–Crippen MR) is 84.9 cm³/mol. The van der Waals surface area contributed by atoms with Crippen molar-refractivity contribution in [3.63, 3.8) is 0 Å². The molecule has 1 heterocycles. The largest absolute Gasteiger partial charge is 0.481 e. The van der Waals surface area contributed by atoms with Gasteiger partial charge in [0.25, 0.3) is 5.91 Å². The van der Waals surface area contributed by atoms with Gasteiger partial charge in [-0.15, -0.1) is 0 Å². The van der Waals surface area contributed by atoms with Crippen molar-refractivity contribution >= 4 is 46.3 Å². The smallest absolute Gasteiger partial charge is 0.344 e. The van der Waals surface area contributed by atoms with E-state index < -0.39 is 5.97 Å². The molecular weight excluding hydrogens is 310 g/mol. The molecule has 2 rings (SSSR count). The summed E-state index contributed by atoms with van der Waals surface area (Å²) in [5.74, 6) is -0.163. The molecule has 0 unspecified atom stereocenters. The number of carbonyl (C=O) groups is 2. The molecule has 1 aliphatic rings. The molecule has 21 heavy (non-hydrogen) atoms. The van der Waals surface area contributed by atoms with Crippen molar-refractivity contribution in [3.8, 4) is 5.75 Å². The first-order valence-corrected chi connectivity index (χ1v) is 7.45. The van der Waals surface area contributed by atoms with E-state index in [1.165, 1.54) is 11.8 Å². The lowest BCUT2D eigenvalue weighted by molar-refractivity contribution is -0.145. The molecular formula is C14H13NO4S2. The van der Waals surface area contributed by atoms with Crippen LogP contribution in [0.4, 0.5) is 0 Å². The van der Waals surface area contributed by atoms with Crippen molar-refractivity contribution in [3.05, 3.63) is 34.7 Å². The van der Waals surface area contributed by atoms with E-state index in [4.69, 9.17) is 21.7 Å². The Bertz CT molecular complexity index is 613. The summed E-state index contributed by atoms with van der Waals surface area (Å²) in [6, 6.07) is 7.12. The third-order valence-electron chi connectivity index (χ3n) is 2.50. The number of rotatable bonds is 5. The fourth-order valence-electron chi connectivity index (χ4n) is 1.63. The summed E-state index contributed by atoms with van der Waals surface area (Å²) >= 11 is 6.13. The second kappa shape index (κ2) is 7.24. The number of esters is 1. The number of nitrogens with one attached hydrogen (secondary N) is 1. The average molecular weight is 323 g/mol. The summed E-state index contributed by atoms with van der Waals surface area (Å²) in [5.41, 5.74) is 0.698. The molecule has 1 fully saturated rings. The number of hydrogen-bond acceptors (Lipinski definition) is 6. The van der Waals surface area contributed by atoms with Crippen molar-refractivity contribution in [1.29, 1.82) is 0 Å². The van der Waals surface area contributed by atoms with E-state index in [-0.39, 0.29) is 12.5 Å². The van der Waals surface area contributed by atoms with Crippen molar-refractivity contribution in [2.75, 3.05) is 13.2 Å². The monoisotopic (exact) mass is 323 g/mol. The summed E-state index contributed by atoms with van der Waals surface area (Å²) in [5, 5.41) is 2.55. The average Bonchev–Trinajstić information content (AvgIpc) is 2.76. The van der Waals surface area contributed by atoms with Gasteiger partial charge in [-0.3, -0.25) is 4.79 Å². The molecule has 0 atom stereocenters. The Labute approximate surface area is 131 Å². The van der Waals surface area contributed by atoms with Crippen molar-refractivity contribution in [2.24, 2.45) is 0 Å². The van der Waals surface area contributed by atoms with E-state index in [0.29, 0.717) is 27.1 Å². The van der Waals surface area contributed by atoms with Gasteiger partial charge in [0.2, 0.25) is 0 Å². The van der Waals surface area contributed by atoms with Crippen molar-refractivity contribution in [1.82, 2.24) is 5.32 Å². The van der Waals surface area contributed by atoms with Gasteiger partial charge in [-0.2, -0.15) is 0 Å². The van der Waals surface area contributed by atoms with Crippen LogP contribution >= 0.6 is 24.0 Å². The number of thiocarbonyl (C=S) groups is 1. The van der Waals surface area contributed by atoms with Gasteiger partial charge in [0.05, 0.1) is 11.5 Å². The number of benzene rings is 1. The van der Waals surface area contributed by atoms with E-state index in [9.17, 15) is 9.59 Å². The summed E-state index contributed by atoms with van der Waals surface area (Å²) in [4.78, 5) is 23.5. The van der Waals surface area contributed by atoms with Gasteiger partial charge < -0.3 is 14.8 Å². The quantitative estimate of drug-likeness (QED) is 0.509. The van der Waals surface area contributed by atoms with Gasteiger partial charge in [-0.05, 0) is 19.1 Å². The lowest BCUT2D eigenvalue weighted by Gasteiger charge is -2.08. The molecule has 1 aromatic carbocycles.